The highest BCUT2D eigenvalue weighted by molar-refractivity contribution is 5.85. The van der Waals surface area contributed by atoms with Crippen molar-refractivity contribution in [3.05, 3.63) is 35.4 Å². The summed E-state index contributed by atoms with van der Waals surface area (Å²) in [6, 6.07) is 5.17. The molecule has 5 heteroatoms. The summed E-state index contributed by atoms with van der Waals surface area (Å²) in [5.74, 6) is -1.02. The van der Waals surface area contributed by atoms with Gasteiger partial charge in [0.2, 0.25) is 0 Å². The van der Waals surface area contributed by atoms with Crippen molar-refractivity contribution in [3.63, 3.8) is 0 Å². The van der Waals surface area contributed by atoms with E-state index in [-0.39, 0.29) is 6.54 Å². The Balaban J connectivity index is 2.89. The number of nitrogens with zero attached hydrogens (tertiary/aromatic N) is 1. The van der Waals surface area contributed by atoms with E-state index in [0.717, 1.165) is 17.2 Å². The van der Waals surface area contributed by atoms with E-state index in [1.807, 2.05) is 0 Å². The third-order valence-corrected chi connectivity index (χ3v) is 2.46. The number of hydrogen-bond acceptors (Lipinski definition) is 2. The first-order chi connectivity index (χ1) is 8.40. The van der Waals surface area contributed by atoms with Crippen molar-refractivity contribution < 1.29 is 18.7 Å². The summed E-state index contributed by atoms with van der Waals surface area (Å²) in [6.45, 7) is 1.47. The first-order valence-corrected chi connectivity index (χ1v) is 5.41. The zero-order chi connectivity index (χ0) is 13.7. The molecule has 0 atom stereocenters. The van der Waals surface area contributed by atoms with Gasteiger partial charge in [-0.2, -0.15) is 0 Å². The summed E-state index contributed by atoms with van der Waals surface area (Å²) in [5, 5.41) is 8.51. The van der Waals surface area contributed by atoms with Gasteiger partial charge in [-0.05, 0) is 36.3 Å². The van der Waals surface area contributed by atoms with Gasteiger partial charge in [0.1, 0.15) is 0 Å². The lowest BCUT2D eigenvalue weighted by atomic mass is 10.1. The van der Waals surface area contributed by atoms with Gasteiger partial charge in [0.05, 0.1) is 6.54 Å². The molecule has 1 rings (SSSR count). The lowest BCUT2D eigenvalue weighted by Crippen LogP contribution is -2.24. The van der Waals surface area contributed by atoms with E-state index >= 15 is 0 Å². The van der Waals surface area contributed by atoms with Gasteiger partial charge >= 0.3 is 5.97 Å². The highest BCUT2D eigenvalue weighted by atomic mass is 19.3. The molecule has 1 N–H and O–H groups in total. The molecule has 1 aromatic rings. The Morgan fingerprint density at radius 2 is 2.17 bits per heavy atom. The number of hydrogen-bond donors (Lipinski definition) is 1. The van der Waals surface area contributed by atoms with E-state index in [1.165, 1.54) is 11.0 Å². The molecule has 0 saturated carbocycles. The maximum atomic E-state index is 12.3. The Bertz CT molecular complexity index is 458. The molecule has 0 spiro atoms. The minimum Gasteiger partial charge on any atom is -0.478 e. The third kappa shape index (κ3) is 4.16. The average Bonchev–Trinajstić information content (AvgIpc) is 2.25. The van der Waals surface area contributed by atoms with Crippen LogP contribution >= 0.6 is 0 Å². The monoisotopic (exact) mass is 255 g/mol. The second-order valence-electron chi connectivity index (χ2n) is 3.99. The predicted molar refractivity (Wildman–Crippen MR) is 67.1 cm³/mol. The predicted octanol–water partition coefficient (Wildman–Crippen LogP) is 2.79. The fraction of sp³-hybridized carbons (Fsp3) is 0.308. The molecule has 0 heterocycles. The number of aryl methyl sites for hydroxylation is 1. The van der Waals surface area contributed by atoms with E-state index in [4.69, 9.17) is 5.11 Å². The smallest absolute Gasteiger partial charge is 0.328 e. The van der Waals surface area contributed by atoms with Gasteiger partial charge in [-0.1, -0.05) is 6.07 Å². The summed E-state index contributed by atoms with van der Waals surface area (Å²) in [6.07, 6.45) is 0.116. The van der Waals surface area contributed by atoms with E-state index in [1.54, 1.807) is 32.2 Å². The molecular formula is C13H15F2NO2. The van der Waals surface area contributed by atoms with Gasteiger partial charge in [-0.3, -0.25) is 0 Å². The van der Waals surface area contributed by atoms with E-state index in [9.17, 15) is 13.6 Å². The number of carbonyl (C=O) groups is 1. The summed E-state index contributed by atoms with van der Waals surface area (Å²) < 4.78 is 24.5. The van der Waals surface area contributed by atoms with Crippen LogP contribution in [0.2, 0.25) is 0 Å². The van der Waals surface area contributed by atoms with Crippen molar-refractivity contribution >= 4 is 17.7 Å². The minimum atomic E-state index is -2.39. The highest BCUT2D eigenvalue weighted by Gasteiger charge is 2.10. The lowest BCUT2D eigenvalue weighted by molar-refractivity contribution is -0.131. The minimum absolute atomic E-state index is 0.328. The van der Waals surface area contributed by atoms with Crippen LogP contribution in [0.3, 0.4) is 0 Å². The van der Waals surface area contributed by atoms with Crippen LogP contribution in [0.15, 0.2) is 24.3 Å². The maximum Gasteiger partial charge on any atom is 0.328 e. The van der Waals surface area contributed by atoms with E-state index < -0.39 is 12.4 Å². The molecule has 3 nitrogen and oxygen atoms in total. The van der Waals surface area contributed by atoms with Crippen molar-refractivity contribution in [2.75, 3.05) is 18.5 Å². The van der Waals surface area contributed by atoms with Crippen molar-refractivity contribution in [1.29, 1.82) is 0 Å². The molecule has 0 amide bonds. The number of carboxylic acids is 1. The molecule has 0 radical (unpaired) electrons. The van der Waals surface area contributed by atoms with Crippen LogP contribution in [0.1, 0.15) is 11.1 Å². The van der Waals surface area contributed by atoms with Crippen LogP contribution in [0.4, 0.5) is 14.5 Å². The number of anilines is 1. The van der Waals surface area contributed by atoms with Crippen molar-refractivity contribution in [3.8, 4) is 0 Å². The standard InChI is InChI=1S/C13H15F2NO2/c1-9-7-10(4-6-13(17)18)3-5-11(9)16(2)8-12(14)15/h3-7,12H,8H2,1-2H3,(H,17,18)/b6-4+. The molecule has 0 aromatic heterocycles. The summed E-state index contributed by atoms with van der Waals surface area (Å²) in [7, 11) is 1.60. The highest BCUT2D eigenvalue weighted by Crippen LogP contribution is 2.21. The Labute approximate surface area is 104 Å². The van der Waals surface area contributed by atoms with Gasteiger partial charge in [-0.15, -0.1) is 0 Å². The topological polar surface area (TPSA) is 40.5 Å². The van der Waals surface area contributed by atoms with Crippen LogP contribution in [-0.2, 0) is 4.79 Å². The number of rotatable bonds is 5. The van der Waals surface area contributed by atoms with E-state index in [0.29, 0.717) is 5.69 Å². The third-order valence-electron chi connectivity index (χ3n) is 2.46. The van der Waals surface area contributed by atoms with Crippen molar-refractivity contribution in [2.24, 2.45) is 0 Å². The van der Waals surface area contributed by atoms with Gasteiger partial charge in [-0.25, -0.2) is 13.6 Å². The van der Waals surface area contributed by atoms with Gasteiger partial charge in [0.25, 0.3) is 6.43 Å². The summed E-state index contributed by atoms with van der Waals surface area (Å²) >= 11 is 0. The van der Waals surface area contributed by atoms with Gasteiger partial charge in [0.15, 0.2) is 0 Å². The number of benzene rings is 1. The summed E-state index contributed by atoms with van der Waals surface area (Å²) in [5.41, 5.74) is 2.26. The van der Waals surface area contributed by atoms with Crippen LogP contribution in [0.25, 0.3) is 6.08 Å². The molecule has 0 unspecified atom stereocenters. The molecule has 0 fully saturated rings. The second-order valence-corrected chi connectivity index (χ2v) is 3.99. The zero-order valence-electron chi connectivity index (χ0n) is 10.2. The zero-order valence-corrected chi connectivity index (χ0v) is 10.2. The molecular weight excluding hydrogens is 240 g/mol. The molecule has 0 aliphatic heterocycles. The van der Waals surface area contributed by atoms with Crippen LogP contribution in [0, 0.1) is 6.92 Å². The number of aliphatic carboxylic acids is 1. The second kappa shape index (κ2) is 6.14. The largest absolute Gasteiger partial charge is 0.478 e. The SMILES string of the molecule is Cc1cc(/C=C/C(=O)O)ccc1N(C)CC(F)F. The Hall–Kier alpha value is -1.91. The molecule has 1 aromatic carbocycles. The summed E-state index contributed by atoms with van der Waals surface area (Å²) in [4.78, 5) is 11.9. The van der Waals surface area contributed by atoms with Gasteiger partial charge < -0.3 is 10.0 Å². The van der Waals surface area contributed by atoms with Gasteiger partial charge in [0, 0.05) is 18.8 Å². The fourth-order valence-electron chi connectivity index (χ4n) is 1.68. The van der Waals surface area contributed by atoms with Crippen molar-refractivity contribution in [2.45, 2.75) is 13.3 Å². The molecule has 0 bridgehead atoms. The number of alkyl halides is 2. The van der Waals surface area contributed by atoms with E-state index in [2.05, 4.69) is 0 Å². The molecule has 98 valence electrons. The van der Waals surface area contributed by atoms with Crippen LogP contribution in [0.5, 0.6) is 0 Å². The molecule has 0 aliphatic rings. The Morgan fingerprint density at radius 1 is 1.50 bits per heavy atom. The molecule has 0 saturated heterocycles. The lowest BCUT2D eigenvalue weighted by Gasteiger charge is -2.21. The number of carboxylic acid groups (broad SMARTS) is 1. The normalized spacial score (nSPS) is 11.2. The fourth-order valence-corrected chi connectivity index (χ4v) is 1.68. The Kier molecular flexibility index (Phi) is 4.83. The Morgan fingerprint density at radius 3 is 2.67 bits per heavy atom. The molecule has 0 aliphatic carbocycles. The quantitative estimate of drug-likeness (QED) is 0.822. The maximum absolute atomic E-state index is 12.3. The molecule has 18 heavy (non-hydrogen) atoms. The number of halogens is 2. The van der Waals surface area contributed by atoms with Crippen LogP contribution in [-0.4, -0.2) is 31.1 Å². The van der Waals surface area contributed by atoms with Crippen molar-refractivity contribution in [1.82, 2.24) is 0 Å². The van der Waals surface area contributed by atoms with Crippen LogP contribution < -0.4 is 4.90 Å². The first-order valence-electron chi connectivity index (χ1n) is 5.41. The average molecular weight is 255 g/mol. The first kappa shape index (κ1) is 14.2.